The molecule has 2 fully saturated rings. The summed E-state index contributed by atoms with van der Waals surface area (Å²) in [7, 11) is 0. The number of nitrogens with zero attached hydrogens (tertiary/aromatic N) is 2. The number of anilines is 2. The molecule has 8 nitrogen and oxygen atoms in total. The number of ether oxygens (including phenoxy) is 2. The number of hydrogen-bond donors (Lipinski definition) is 2. The van der Waals surface area contributed by atoms with Gasteiger partial charge in [-0.1, -0.05) is 0 Å². The molecule has 1 saturated heterocycles. The van der Waals surface area contributed by atoms with Crippen LogP contribution in [0.15, 0.2) is 12.1 Å². The molecule has 0 radical (unpaired) electrons. The van der Waals surface area contributed by atoms with E-state index in [-0.39, 0.29) is 30.7 Å². The third-order valence-corrected chi connectivity index (χ3v) is 4.28. The van der Waals surface area contributed by atoms with Crippen molar-refractivity contribution in [3.05, 3.63) is 12.1 Å². The van der Waals surface area contributed by atoms with E-state index in [2.05, 4.69) is 10.3 Å². The number of carbonyl (C=O) groups is 2. The molecule has 4 rings (SSSR count). The topological polar surface area (TPSA) is 107 Å². The van der Waals surface area contributed by atoms with E-state index in [9.17, 15) is 9.59 Å². The van der Waals surface area contributed by atoms with Gasteiger partial charge in [-0.05, 0) is 25.0 Å². The summed E-state index contributed by atoms with van der Waals surface area (Å²) in [6.07, 6.45) is 1.68. The number of aromatic nitrogens is 1. The molecule has 2 amide bonds. The van der Waals surface area contributed by atoms with Gasteiger partial charge in [-0.25, -0.2) is 9.78 Å². The van der Waals surface area contributed by atoms with Crippen LogP contribution in [0.25, 0.3) is 0 Å². The van der Waals surface area contributed by atoms with E-state index < -0.39 is 6.09 Å². The Morgan fingerprint density at radius 2 is 2.18 bits per heavy atom. The lowest BCUT2D eigenvalue weighted by Gasteiger charge is -2.30. The number of nitrogens with two attached hydrogens (primary N) is 1. The first kappa shape index (κ1) is 13.3. The van der Waals surface area contributed by atoms with Crippen molar-refractivity contribution < 1.29 is 19.1 Å². The molecular formula is C14H16N4O4. The minimum absolute atomic E-state index is 0.0254. The number of fused-ring (bicyclic) bond motifs is 2. The van der Waals surface area contributed by atoms with Gasteiger partial charge in [0.1, 0.15) is 11.9 Å². The second-order valence-corrected chi connectivity index (χ2v) is 5.79. The number of carbonyl (C=O) groups excluding carboxylic acids is 2. The lowest BCUT2D eigenvalue weighted by molar-refractivity contribution is -0.118. The minimum atomic E-state index is -0.417. The monoisotopic (exact) mass is 304 g/mol. The van der Waals surface area contributed by atoms with Crippen LogP contribution in [0.3, 0.4) is 0 Å². The Labute approximate surface area is 126 Å². The van der Waals surface area contributed by atoms with Gasteiger partial charge in [0.05, 0.1) is 6.04 Å². The summed E-state index contributed by atoms with van der Waals surface area (Å²) >= 11 is 0. The van der Waals surface area contributed by atoms with Crippen LogP contribution in [0.5, 0.6) is 5.75 Å². The van der Waals surface area contributed by atoms with Gasteiger partial charge in [-0.15, -0.1) is 0 Å². The van der Waals surface area contributed by atoms with Crippen molar-refractivity contribution in [1.29, 1.82) is 0 Å². The van der Waals surface area contributed by atoms with Crippen molar-refractivity contribution in [3.8, 4) is 5.75 Å². The van der Waals surface area contributed by atoms with Crippen molar-refractivity contribution in [2.24, 2.45) is 5.73 Å². The minimum Gasteiger partial charge on any atom is -0.480 e. The average molecular weight is 304 g/mol. The van der Waals surface area contributed by atoms with Crippen molar-refractivity contribution in [3.63, 3.8) is 0 Å². The van der Waals surface area contributed by atoms with E-state index in [4.69, 9.17) is 15.2 Å². The van der Waals surface area contributed by atoms with E-state index in [1.54, 1.807) is 17.0 Å². The highest BCUT2D eigenvalue weighted by atomic mass is 16.6. The van der Waals surface area contributed by atoms with E-state index >= 15 is 0 Å². The smallest absolute Gasteiger partial charge is 0.416 e. The van der Waals surface area contributed by atoms with Crippen LogP contribution in [0, 0.1) is 0 Å². The fourth-order valence-electron chi connectivity index (χ4n) is 3.24. The van der Waals surface area contributed by atoms with E-state index in [0.717, 1.165) is 12.8 Å². The normalized spacial score (nSPS) is 30.0. The fraction of sp³-hybridized carbons (Fsp3) is 0.500. The van der Waals surface area contributed by atoms with E-state index in [1.807, 2.05) is 0 Å². The summed E-state index contributed by atoms with van der Waals surface area (Å²) in [5.74, 6) is 1.02. The van der Waals surface area contributed by atoms with Crippen LogP contribution in [-0.2, 0) is 9.53 Å². The molecule has 1 aliphatic carbocycles. The highest BCUT2D eigenvalue weighted by Gasteiger charge is 2.46. The Kier molecular flexibility index (Phi) is 2.93. The predicted molar refractivity (Wildman–Crippen MR) is 76.7 cm³/mol. The standard InChI is InChI=1S/C14H16N4O4/c15-7-1-2-8-10(5-7)22-14(20)18(8)11-4-3-9-13(16-11)17-12(19)6-21-9/h3-4,7-8,10H,1-2,5-6,15H2,(H,16,17,19)/t7-,8-,10-/m1/s1. The Morgan fingerprint density at radius 3 is 3.05 bits per heavy atom. The van der Waals surface area contributed by atoms with E-state index in [1.165, 1.54) is 0 Å². The van der Waals surface area contributed by atoms with Gasteiger partial charge in [0.15, 0.2) is 18.2 Å². The number of nitrogens with one attached hydrogen (secondary N) is 1. The molecule has 8 heteroatoms. The largest absolute Gasteiger partial charge is 0.480 e. The molecule has 2 aliphatic heterocycles. The van der Waals surface area contributed by atoms with Crippen molar-refractivity contribution in [2.75, 3.05) is 16.8 Å². The Bertz CT molecular complexity index is 650. The van der Waals surface area contributed by atoms with Crippen molar-refractivity contribution >= 4 is 23.6 Å². The fourth-order valence-corrected chi connectivity index (χ4v) is 3.24. The summed E-state index contributed by atoms with van der Waals surface area (Å²) in [6.45, 7) is -0.0254. The van der Waals surface area contributed by atoms with Gasteiger partial charge in [0.2, 0.25) is 0 Å². The number of hydrogen-bond acceptors (Lipinski definition) is 6. The molecule has 0 aromatic carbocycles. The summed E-state index contributed by atoms with van der Waals surface area (Å²) in [4.78, 5) is 29.5. The maximum Gasteiger partial charge on any atom is 0.416 e. The van der Waals surface area contributed by atoms with Crippen molar-refractivity contribution in [1.82, 2.24) is 4.98 Å². The van der Waals surface area contributed by atoms with Gasteiger partial charge < -0.3 is 20.5 Å². The average Bonchev–Trinajstić information content (AvgIpc) is 2.81. The molecule has 0 spiro atoms. The van der Waals surface area contributed by atoms with Crippen LogP contribution in [0.2, 0.25) is 0 Å². The molecule has 116 valence electrons. The van der Waals surface area contributed by atoms with Crippen LogP contribution < -0.4 is 20.7 Å². The van der Waals surface area contributed by atoms with Crippen LogP contribution >= 0.6 is 0 Å². The number of rotatable bonds is 1. The Balaban J connectivity index is 1.65. The third kappa shape index (κ3) is 2.07. The van der Waals surface area contributed by atoms with E-state index in [0.29, 0.717) is 23.8 Å². The first-order valence-corrected chi connectivity index (χ1v) is 7.31. The van der Waals surface area contributed by atoms with Crippen LogP contribution in [0.4, 0.5) is 16.4 Å². The molecule has 22 heavy (non-hydrogen) atoms. The Hall–Kier alpha value is -2.35. The number of pyridine rings is 1. The number of amides is 2. The SMILES string of the molecule is N[C@@H]1CC[C@@H]2[C@@H](C1)OC(=O)N2c1ccc2c(n1)NC(=O)CO2. The van der Waals surface area contributed by atoms with Crippen LogP contribution in [-0.4, -0.2) is 41.8 Å². The van der Waals surface area contributed by atoms with Gasteiger partial charge in [-0.2, -0.15) is 0 Å². The first-order valence-electron chi connectivity index (χ1n) is 7.31. The molecular weight excluding hydrogens is 288 g/mol. The molecule has 1 aromatic heterocycles. The molecule has 0 bridgehead atoms. The first-order chi connectivity index (χ1) is 10.6. The zero-order valence-corrected chi connectivity index (χ0v) is 11.8. The molecule has 3 N–H and O–H groups in total. The summed E-state index contributed by atoms with van der Waals surface area (Å²) in [5, 5.41) is 2.64. The lowest BCUT2D eigenvalue weighted by atomic mass is 9.89. The quantitative estimate of drug-likeness (QED) is 0.787. The predicted octanol–water partition coefficient (Wildman–Crippen LogP) is 0.617. The zero-order valence-electron chi connectivity index (χ0n) is 11.8. The summed E-state index contributed by atoms with van der Waals surface area (Å²) in [5.41, 5.74) is 5.94. The molecule has 1 aromatic rings. The lowest BCUT2D eigenvalue weighted by Crippen LogP contribution is -2.44. The van der Waals surface area contributed by atoms with Gasteiger partial charge in [0, 0.05) is 12.5 Å². The summed E-state index contributed by atoms with van der Waals surface area (Å²) < 4.78 is 10.7. The maximum atomic E-state index is 12.2. The zero-order chi connectivity index (χ0) is 15.3. The highest BCUT2D eigenvalue weighted by Crippen LogP contribution is 2.36. The van der Waals surface area contributed by atoms with Gasteiger partial charge >= 0.3 is 6.09 Å². The molecule has 3 heterocycles. The third-order valence-electron chi connectivity index (χ3n) is 4.28. The maximum absolute atomic E-state index is 12.2. The molecule has 0 unspecified atom stereocenters. The molecule has 1 saturated carbocycles. The highest BCUT2D eigenvalue weighted by molar-refractivity contribution is 5.95. The second-order valence-electron chi connectivity index (χ2n) is 5.79. The van der Waals surface area contributed by atoms with Gasteiger partial charge in [-0.3, -0.25) is 9.69 Å². The Morgan fingerprint density at radius 1 is 1.32 bits per heavy atom. The molecule has 3 atom stereocenters. The second kappa shape index (κ2) is 4.84. The summed E-state index contributed by atoms with van der Waals surface area (Å²) in [6, 6.07) is 3.41. The van der Waals surface area contributed by atoms with Gasteiger partial charge in [0.25, 0.3) is 5.91 Å². The van der Waals surface area contributed by atoms with Crippen LogP contribution in [0.1, 0.15) is 19.3 Å². The van der Waals surface area contributed by atoms with Crippen molar-refractivity contribution in [2.45, 2.75) is 37.5 Å². The molecule has 3 aliphatic rings.